The molecule has 0 saturated heterocycles. The lowest BCUT2D eigenvalue weighted by Crippen LogP contribution is -2.34. The predicted molar refractivity (Wildman–Crippen MR) is 107 cm³/mol. The fourth-order valence-electron chi connectivity index (χ4n) is 3.54. The van der Waals surface area contributed by atoms with Crippen LogP contribution in [0.15, 0.2) is 36.5 Å². The van der Waals surface area contributed by atoms with E-state index >= 15 is 0 Å². The number of aryl methyl sites for hydroxylation is 2. The summed E-state index contributed by atoms with van der Waals surface area (Å²) in [4.78, 5) is 4.30. The van der Waals surface area contributed by atoms with E-state index in [0.717, 1.165) is 54.8 Å². The number of halogens is 1. The van der Waals surface area contributed by atoms with E-state index in [-0.39, 0.29) is 18.5 Å². The maximum Gasteiger partial charge on any atom is 0.130 e. The minimum absolute atomic E-state index is 0. The number of aromatic nitrogens is 1. The summed E-state index contributed by atoms with van der Waals surface area (Å²) in [5.41, 5.74) is 4.54. The lowest BCUT2D eigenvalue weighted by molar-refractivity contribution is 0.116. The summed E-state index contributed by atoms with van der Waals surface area (Å²) in [5, 5.41) is 13.2. The maximum absolute atomic E-state index is 9.60. The van der Waals surface area contributed by atoms with Crippen LogP contribution in [0.3, 0.4) is 0 Å². The number of benzene rings is 1. The average Bonchev–Trinajstić information content (AvgIpc) is 2.61. The van der Waals surface area contributed by atoms with Crippen LogP contribution in [0.4, 0.5) is 0 Å². The molecule has 1 aliphatic rings. The molecule has 0 bridgehead atoms. The van der Waals surface area contributed by atoms with Gasteiger partial charge >= 0.3 is 0 Å². The van der Waals surface area contributed by atoms with E-state index in [1.165, 1.54) is 5.56 Å². The molecule has 0 radical (unpaired) electrons. The van der Waals surface area contributed by atoms with Crippen molar-refractivity contribution in [2.75, 3.05) is 0 Å². The number of aliphatic hydroxyl groups is 1. The largest absolute Gasteiger partial charge is 0.487 e. The van der Waals surface area contributed by atoms with E-state index < -0.39 is 0 Å². The zero-order valence-corrected chi connectivity index (χ0v) is 16.4. The van der Waals surface area contributed by atoms with E-state index in [1.807, 2.05) is 18.2 Å². The molecule has 3 rings (SSSR count). The van der Waals surface area contributed by atoms with Gasteiger partial charge in [-0.1, -0.05) is 18.2 Å². The van der Waals surface area contributed by atoms with E-state index in [2.05, 4.69) is 36.3 Å². The zero-order valence-electron chi connectivity index (χ0n) is 15.6. The molecule has 2 aromatic rings. The van der Waals surface area contributed by atoms with Crippen molar-refractivity contribution in [2.45, 2.75) is 64.8 Å². The Balaban J connectivity index is 0.00000243. The number of nitrogens with one attached hydrogen (secondary N) is 1. The van der Waals surface area contributed by atoms with Crippen LogP contribution in [-0.2, 0) is 13.2 Å². The standard InChI is InChI=1S/C21H28N2O2.ClH/c1-15-11-17(13-23-18-6-8-20(24)9-7-18)12-16(2)21(15)25-14-19-5-3-4-10-22-19;/h3-5,10-12,18,20,23-24H,6-9,13-14H2,1-2H3;1H. The van der Waals surface area contributed by atoms with Crippen molar-refractivity contribution < 1.29 is 9.84 Å². The van der Waals surface area contributed by atoms with E-state index in [1.54, 1.807) is 6.20 Å². The fourth-order valence-corrected chi connectivity index (χ4v) is 3.54. The highest BCUT2D eigenvalue weighted by Crippen LogP contribution is 2.26. The van der Waals surface area contributed by atoms with Gasteiger partial charge in [-0.15, -0.1) is 12.4 Å². The van der Waals surface area contributed by atoms with Crippen molar-refractivity contribution in [2.24, 2.45) is 0 Å². The molecule has 0 amide bonds. The van der Waals surface area contributed by atoms with Crippen LogP contribution in [0, 0.1) is 13.8 Å². The molecule has 0 aliphatic heterocycles. The van der Waals surface area contributed by atoms with Crippen molar-refractivity contribution in [3.05, 3.63) is 58.9 Å². The maximum atomic E-state index is 9.60. The van der Waals surface area contributed by atoms with Crippen LogP contribution in [0.1, 0.15) is 48.1 Å². The van der Waals surface area contributed by atoms with Crippen LogP contribution in [0.5, 0.6) is 5.75 Å². The molecule has 142 valence electrons. The first-order valence-corrected chi connectivity index (χ1v) is 9.16. The van der Waals surface area contributed by atoms with Crippen molar-refractivity contribution in [3.8, 4) is 5.75 Å². The minimum atomic E-state index is -0.0990. The summed E-state index contributed by atoms with van der Waals surface area (Å²) in [6.07, 6.45) is 5.64. The molecular weight excluding hydrogens is 348 g/mol. The average molecular weight is 377 g/mol. The summed E-state index contributed by atoms with van der Waals surface area (Å²) in [7, 11) is 0. The normalized spacial score (nSPS) is 19.7. The fraction of sp³-hybridized carbons (Fsp3) is 0.476. The quantitative estimate of drug-likeness (QED) is 0.797. The number of nitrogens with zero attached hydrogens (tertiary/aromatic N) is 1. The van der Waals surface area contributed by atoms with E-state index in [0.29, 0.717) is 12.6 Å². The molecule has 0 spiro atoms. The van der Waals surface area contributed by atoms with E-state index in [9.17, 15) is 5.11 Å². The summed E-state index contributed by atoms with van der Waals surface area (Å²) >= 11 is 0. The molecule has 1 aliphatic carbocycles. The van der Waals surface area contributed by atoms with Crippen LogP contribution in [0.25, 0.3) is 0 Å². The summed E-state index contributed by atoms with van der Waals surface area (Å²) < 4.78 is 6.00. The highest BCUT2D eigenvalue weighted by atomic mass is 35.5. The Kier molecular flexibility index (Phi) is 7.88. The van der Waals surface area contributed by atoms with Crippen molar-refractivity contribution in [1.82, 2.24) is 10.3 Å². The van der Waals surface area contributed by atoms with Gasteiger partial charge in [-0.3, -0.25) is 4.98 Å². The number of hydrogen-bond donors (Lipinski definition) is 2. The first kappa shape index (κ1) is 20.7. The van der Waals surface area contributed by atoms with Gasteiger partial charge in [-0.05, 0) is 68.4 Å². The SMILES string of the molecule is Cc1cc(CNC2CCC(O)CC2)cc(C)c1OCc1ccccn1.Cl. The van der Waals surface area contributed by atoms with Gasteiger partial charge in [0.2, 0.25) is 0 Å². The summed E-state index contributed by atoms with van der Waals surface area (Å²) in [6, 6.07) is 10.8. The second kappa shape index (κ2) is 9.91. The van der Waals surface area contributed by atoms with Gasteiger partial charge in [0.05, 0.1) is 11.8 Å². The third kappa shape index (κ3) is 5.70. The molecule has 1 aromatic carbocycles. The number of pyridine rings is 1. The Bertz CT molecular complexity index is 663. The van der Waals surface area contributed by atoms with Gasteiger partial charge < -0.3 is 15.2 Å². The molecule has 0 unspecified atom stereocenters. The lowest BCUT2D eigenvalue weighted by Gasteiger charge is -2.26. The van der Waals surface area contributed by atoms with Gasteiger partial charge in [-0.25, -0.2) is 0 Å². The van der Waals surface area contributed by atoms with E-state index in [4.69, 9.17) is 4.74 Å². The van der Waals surface area contributed by atoms with Crippen molar-refractivity contribution in [1.29, 1.82) is 0 Å². The predicted octanol–water partition coefficient (Wildman–Crippen LogP) is 4.09. The molecule has 1 saturated carbocycles. The molecule has 4 nitrogen and oxygen atoms in total. The van der Waals surface area contributed by atoms with Gasteiger partial charge in [0.25, 0.3) is 0 Å². The highest BCUT2D eigenvalue weighted by molar-refractivity contribution is 5.85. The van der Waals surface area contributed by atoms with Gasteiger partial charge in [0, 0.05) is 18.8 Å². The monoisotopic (exact) mass is 376 g/mol. The lowest BCUT2D eigenvalue weighted by atomic mass is 9.93. The van der Waals surface area contributed by atoms with Gasteiger partial charge in [0.1, 0.15) is 12.4 Å². The first-order valence-electron chi connectivity index (χ1n) is 9.16. The highest BCUT2D eigenvalue weighted by Gasteiger charge is 2.18. The Hall–Kier alpha value is -1.62. The second-order valence-electron chi connectivity index (χ2n) is 7.05. The second-order valence-corrected chi connectivity index (χ2v) is 7.05. The summed E-state index contributed by atoms with van der Waals surface area (Å²) in [5.74, 6) is 0.954. The first-order chi connectivity index (χ1) is 12.1. The Morgan fingerprint density at radius 1 is 1.12 bits per heavy atom. The number of hydrogen-bond acceptors (Lipinski definition) is 4. The van der Waals surface area contributed by atoms with Crippen molar-refractivity contribution in [3.63, 3.8) is 0 Å². The molecule has 0 atom stereocenters. The Morgan fingerprint density at radius 2 is 1.81 bits per heavy atom. The molecule has 26 heavy (non-hydrogen) atoms. The van der Waals surface area contributed by atoms with Gasteiger partial charge in [0.15, 0.2) is 0 Å². The molecule has 2 N–H and O–H groups in total. The van der Waals surface area contributed by atoms with Crippen LogP contribution < -0.4 is 10.1 Å². The molecule has 5 heteroatoms. The minimum Gasteiger partial charge on any atom is -0.487 e. The van der Waals surface area contributed by atoms with Gasteiger partial charge in [-0.2, -0.15) is 0 Å². The molecule has 1 fully saturated rings. The molecular formula is C21H29ClN2O2. The van der Waals surface area contributed by atoms with Crippen LogP contribution >= 0.6 is 12.4 Å². The van der Waals surface area contributed by atoms with Crippen molar-refractivity contribution >= 4 is 12.4 Å². The molecule has 1 aromatic heterocycles. The Labute approximate surface area is 162 Å². The number of rotatable bonds is 6. The number of aliphatic hydroxyl groups excluding tert-OH is 1. The number of ether oxygens (including phenoxy) is 1. The zero-order chi connectivity index (χ0) is 17.6. The van der Waals surface area contributed by atoms with Crippen LogP contribution in [0.2, 0.25) is 0 Å². The third-order valence-corrected chi connectivity index (χ3v) is 4.90. The molecule has 1 heterocycles. The third-order valence-electron chi connectivity index (χ3n) is 4.90. The van der Waals surface area contributed by atoms with Crippen LogP contribution in [-0.4, -0.2) is 22.2 Å². The summed E-state index contributed by atoms with van der Waals surface area (Å²) in [6.45, 7) is 5.55. The Morgan fingerprint density at radius 3 is 2.42 bits per heavy atom. The topological polar surface area (TPSA) is 54.4 Å². The smallest absolute Gasteiger partial charge is 0.130 e.